The Hall–Kier alpha value is -4.34. The van der Waals surface area contributed by atoms with Crippen LogP contribution in [0, 0.1) is 0 Å². The van der Waals surface area contributed by atoms with Gasteiger partial charge in [-0.2, -0.15) is 0 Å². The van der Waals surface area contributed by atoms with Crippen LogP contribution in [0.4, 0.5) is 4.79 Å². The van der Waals surface area contributed by atoms with E-state index in [4.69, 9.17) is 9.15 Å². The molecule has 0 aliphatic carbocycles. The monoisotopic (exact) mass is 447 g/mol. The van der Waals surface area contributed by atoms with E-state index in [1.807, 2.05) is 6.07 Å². The van der Waals surface area contributed by atoms with Gasteiger partial charge in [0, 0.05) is 42.7 Å². The zero-order valence-electron chi connectivity index (χ0n) is 18.0. The first kappa shape index (κ1) is 20.6. The second-order valence-corrected chi connectivity index (χ2v) is 7.94. The first-order valence-electron chi connectivity index (χ1n) is 10.2. The molecule has 0 spiro atoms. The topological polar surface area (TPSA) is 126 Å². The van der Waals surface area contributed by atoms with Crippen molar-refractivity contribution in [2.45, 2.75) is 12.1 Å². The van der Waals surface area contributed by atoms with Gasteiger partial charge in [0.25, 0.3) is 11.8 Å². The minimum absolute atomic E-state index is 0.115. The van der Waals surface area contributed by atoms with Crippen LogP contribution < -0.4 is 20.7 Å². The van der Waals surface area contributed by atoms with Crippen LogP contribution in [0.3, 0.4) is 0 Å². The number of hydrogen-bond acceptors (Lipinski definition) is 7. The van der Waals surface area contributed by atoms with Crippen molar-refractivity contribution in [3.05, 3.63) is 65.6 Å². The Morgan fingerprint density at radius 1 is 1.30 bits per heavy atom. The van der Waals surface area contributed by atoms with E-state index in [1.54, 1.807) is 37.5 Å². The zero-order chi connectivity index (χ0) is 23.3. The number of imide groups is 1. The number of benzene rings is 1. The highest BCUT2D eigenvalue weighted by molar-refractivity contribution is 6.08. The molecule has 4 heterocycles. The first-order chi connectivity index (χ1) is 15.8. The molecular weight excluding hydrogens is 426 g/mol. The van der Waals surface area contributed by atoms with Gasteiger partial charge in [0.2, 0.25) is 0 Å². The molecule has 1 atom stereocenters. The van der Waals surface area contributed by atoms with Gasteiger partial charge in [-0.05, 0) is 23.8 Å². The molecule has 2 aliphatic heterocycles. The lowest BCUT2D eigenvalue weighted by molar-refractivity contribution is -0.125. The zero-order valence-corrected chi connectivity index (χ0v) is 18.0. The van der Waals surface area contributed by atoms with Gasteiger partial charge in [-0.15, -0.1) is 0 Å². The Bertz CT molecular complexity index is 1350. The number of carbonyl (C=O) groups excluding carboxylic acids is 3. The van der Waals surface area contributed by atoms with E-state index in [0.29, 0.717) is 28.1 Å². The van der Waals surface area contributed by atoms with Crippen molar-refractivity contribution >= 4 is 34.6 Å². The minimum Gasteiger partial charge on any atom is -0.497 e. The summed E-state index contributed by atoms with van der Waals surface area (Å²) in [6.07, 6.45) is 1.63. The summed E-state index contributed by atoms with van der Waals surface area (Å²) >= 11 is 0. The van der Waals surface area contributed by atoms with E-state index in [2.05, 4.69) is 27.5 Å². The second-order valence-electron chi connectivity index (χ2n) is 7.94. The highest BCUT2D eigenvalue weighted by Gasteiger charge is 2.53. The van der Waals surface area contributed by atoms with Crippen molar-refractivity contribution < 1.29 is 23.5 Å². The number of fused-ring (bicyclic) bond motifs is 2. The predicted molar refractivity (Wildman–Crippen MR) is 118 cm³/mol. The van der Waals surface area contributed by atoms with Crippen LogP contribution >= 0.6 is 0 Å². The first-order valence-corrected chi connectivity index (χ1v) is 10.2. The predicted octanol–water partition coefficient (Wildman–Crippen LogP) is 1.72. The molecule has 1 fully saturated rings. The molecule has 3 aromatic rings. The fraction of sp³-hybridized carbons (Fsp3) is 0.217. The number of hydrogen-bond donors (Lipinski definition) is 3. The van der Waals surface area contributed by atoms with Crippen LogP contribution in [0.2, 0.25) is 0 Å². The van der Waals surface area contributed by atoms with E-state index < -0.39 is 17.5 Å². The van der Waals surface area contributed by atoms with Crippen molar-refractivity contribution in [2.75, 3.05) is 20.7 Å². The van der Waals surface area contributed by atoms with E-state index in [0.717, 1.165) is 11.1 Å². The number of pyridine rings is 1. The molecule has 1 saturated heterocycles. The standard InChI is InChI=1S/C23H21N5O5/c1-12(24-2)14-6-18-17(25-9-14)8-19(33-18)23(21(30)26-22(31)27-23)11-28-10-13-4-5-15(32-3)7-16(13)20(28)29/h4-9,24H,1,10-11H2,2-3H3,(H2,26,27,30,31)/t23-/m0/s1. The van der Waals surface area contributed by atoms with Crippen LogP contribution in [0.15, 0.2) is 47.5 Å². The number of nitrogens with one attached hydrogen (secondary N) is 3. The SMILES string of the molecule is C=C(NC)c1cnc2cc([C@]3(CN4Cc5ccc(OC)cc5C4=O)NC(=O)NC3=O)oc2c1. The molecule has 0 saturated carbocycles. The Labute approximate surface area is 188 Å². The highest BCUT2D eigenvalue weighted by atomic mass is 16.5. The lowest BCUT2D eigenvalue weighted by Crippen LogP contribution is -2.52. The summed E-state index contributed by atoms with van der Waals surface area (Å²) in [4.78, 5) is 44.2. The number of urea groups is 1. The van der Waals surface area contributed by atoms with Crippen LogP contribution in [0.25, 0.3) is 16.8 Å². The maximum atomic E-state index is 13.1. The van der Waals surface area contributed by atoms with Gasteiger partial charge >= 0.3 is 6.03 Å². The molecule has 168 valence electrons. The molecule has 10 nitrogen and oxygen atoms in total. The number of ether oxygens (including phenoxy) is 1. The number of amides is 4. The average Bonchev–Trinajstić information content (AvgIpc) is 3.46. The average molecular weight is 447 g/mol. The van der Waals surface area contributed by atoms with Crippen molar-refractivity contribution in [3.8, 4) is 5.75 Å². The highest BCUT2D eigenvalue weighted by Crippen LogP contribution is 2.35. The van der Waals surface area contributed by atoms with Crippen LogP contribution in [-0.4, -0.2) is 48.4 Å². The third-order valence-corrected chi connectivity index (χ3v) is 6.01. The summed E-state index contributed by atoms with van der Waals surface area (Å²) in [5.74, 6) is -0.124. The fourth-order valence-corrected chi connectivity index (χ4v) is 4.17. The van der Waals surface area contributed by atoms with Crippen molar-refractivity contribution in [2.24, 2.45) is 0 Å². The van der Waals surface area contributed by atoms with Gasteiger partial charge in [-0.3, -0.25) is 19.9 Å². The van der Waals surface area contributed by atoms with E-state index in [9.17, 15) is 14.4 Å². The van der Waals surface area contributed by atoms with Crippen LogP contribution in [0.1, 0.15) is 27.2 Å². The van der Waals surface area contributed by atoms with E-state index >= 15 is 0 Å². The van der Waals surface area contributed by atoms with Crippen molar-refractivity contribution in [3.63, 3.8) is 0 Å². The van der Waals surface area contributed by atoms with Crippen molar-refractivity contribution in [1.29, 1.82) is 0 Å². The summed E-state index contributed by atoms with van der Waals surface area (Å²) in [5, 5.41) is 7.88. The molecule has 3 N–H and O–H groups in total. The molecule has 0 radical (unpaired) electrons. The van der Waals surface area contributed by atoms with Crippen LogP contribution in [-0.2, 0) is 16.9 Å². The molecule has 0 bridgehead atoms. The minimum atomic E-state index is -1.60. The third-order valence-electron chi connectivity index (χ3n) is 6.01. The third kappa shape index (κ3) is 3.18. The number of aromatic nitrogens is 1. The van der Waals surface area contributed by atoms with Gasteiger partial charge in [0.05, 0.1) is 13.7 Å². The Kier molecular flexibility index (Phi) is 4.59. The molecular formula is C23H21N5O5. The number of nitrogens with zero attached hydrogens (tertiary/aromatic N) is 2. The molecule has 10 heteroatoms. The Morgan fingerprint density at radius 2 is 2.12 bits per heavy atom. The van der Waals surface area contributed by atoms with Crippen molar-refractivity contribution in [1.82, 2.24) is 25.8 Å². The molecule has 2 aliphatic rings. The van der Waals surface area contributed by atoms with Gasteiger partial charge in [-0.1, -0.05) is 12.6 Å². The second kappa shape index (κ2) is 7.37. The Morgan fingerprint density at radius 3 is 2.82 bits per heavy atom. The maximum absolute atomic E-state index is 13.1. The lowest BCUT2D eigenvalue weighted by atomic mass is 9.95. The molecule has 2 aromatic heterocycles. The van der Waals surface area contributed by atoms with Gasteiger partial charge in [0.1, 0.15) is 17.0 Å². The maximum Gasteiger partial charge on any atom is 0.322 e. The molecule has 0 unspecified atom stereocenters. The molecule has 4 amide bonds. The summed E-state index contributed by atoms with van der Waals surface area (Å²) in [5.41, 5.74) is 2.01. The normalized spacial score (nSPS) is 19.5. The molecule has 1 aromatic carbocycles. The van der Waals surface area contributed by atoms with E-state index in [-0.39, 0.29) is 24.8 Å². The number of furan rings is 1. The van der Waals surface area contributed by atoms with Gasteiger partial charge in [-0.25, -0.2) is 4.79 Å². The van der Waals surface area contributed by atoms with Gasteiger partial charge < -0.3 is 24.7 Å². The number of carbonyl (C=O) groups is 3. The summed E-state index contributed by atoms with van der Waals surface area (Å²) < 4.78 is 11.2. The van der Waals surface area contributed by atoms with E-state index in [1.165, 1.54) is 12.0 Å². The lowest BCUT2D eigenvalue weighted by Gasteiger charge is -2.28. The summed E-state index contributed by atoms with van der Waals surface area (Å²) in [6.45, 7) is 4.08. The largest absolute Gasteiger partial charge is 0.497 e. The van der Waals surface area contributed by atoms with Gasteiger partial charge in [0.15, 0.2) is 11.1 Å². The molecule has 33 heavy (non-hydrogen) atoms. The number of methoxy groups -OCH3 is 1. The smallest absolute Gasteiger partial charge is 0.322 e. The summed E-state index contributed by atoms with van der Waals surface area (Å²) in [7, 11) is 3.27. The molecule has 5 rings (SSSR count). The Balaban J connectivity index is 1.54. The van der Waals surface area contributed by atoms with Crippen LogP contribution in [0.5, 0.6) is 5.75 Å². The quantitative estimate of drug-likeness (QED) is 0.491. The summed E-state index contributed by atoms with van der Waals surface area (Å²) in [6, 6.07) is 7.94. The fourth-order valence-electron chi connectivity index (χ4n) is 4.17. The number of rotatable bonds is 6.